The van der Waals surface area contributed by atoms with E-state index in [1.54, 1.807) is 15.6 Å². The third-order valence-corrected chi connectivity index (χ3v) is 4.05. The molecule has 0 aliphatic heterocycles. The van der Waals surface area contributed by atoms with Gasteiger partial charge in [0, 0.05) is 26.0 Å². The van der Waals surface area contributed by atoms with Gasteiger partial charge in [0.05, 0.1) is 16.4 Å². The van der Waals surface area contributed by atoms with Crippen LogP contribution in [0.3, 0.4) is 0 Å². The summed E-state index contributed by atoms with van der Waals surface area (Å²) in [7, 11) is 1.88. The van der Waals surface area contributed by atoms with Crippen LogP contribution in [0.1, 0.15) is 12.6 Å². The molecule has 3 heterocycles. The van der Waals surface area contributed by atoms with E-state index in [1.165, 1.54) is 11.3 Å². The molecule has 0 radical (unpaired) electrons. The minimum atomic E-state index is 0.581. The summed E-state index contributed by atoms with van der Waals surface area (Å²) < 4.78 is 3.52. The van der Waals surface area contributed by atoms with Gasteiger partial charge in [-0.3, -0.25) is 9.36 Å². The monoisotopic (exact) mass is 323 g/mol. The summed E-state index contributed by atoms with van der Waals surface area (Å²) >= 11 is 7.58. The molecule has 0 spiro atoms. The van der Waals surface area contributed by atoms with Crippen LogP contribution in [0.5, 0.6) is 0 Å². The van der Waals surface area contributed by atoms with Crippen LogP contribution in [-0.4, -0.2) is 29.8 Å². The first-order valence-electron chi connectivity index (χ1n) is 6.41. The largest absolute Gasteiger partial charge is 0.327 e. The topological polar surface area (TPSA) is 73.5 Å². The molecule has 0 aliphatic rings. The van der Waals surface area contributed by atoms with Crippen LogP contribution in [0.4, 0.5) is 10.8 Å². The predicted octanol–water partition coefficient (Wildman–Crippen LogP) is 2.86. The predicted molar refractivity (Wildman–Crippen MR) is 83.0 cm³/mol. The number of rotatable bonds is 4. The van der Waals surface area contributed by atoms with Crippen molar-refractivity contribution in [2.24, 2.45) is 7.05 Å². The first-order valence-corrected chi connectivity index (χ1v) is 7.60. The van der Waals surface area contributed by atoms with Gasteiger partial charge in [0.2, 0.25) is 5.13 Å². The molecule has 21 heavy (non-hydrogen) atoms. The maximum Gasteiger partial charge on any atom is 0.210 e. The zero-order valence-corrected chi connectivity index (χ0v) is 13.4. The number of aryl methyl sites for hydroxylation is 3. The van der Waals surface area contributed by atoms with E-state index in [9.17, 15) is 0 Å². The average Bonchev–Trinajstić information content (AvgIpc) is 3.11. The van der Waals surface area contributed by atoms with Crippen LogP contribution in [0.15, 0.2) is 12.4 Å². The fraction of sp³-hybridized carbons (Fsp3) is 0.333. The summed E-state index contributed by atoms with van der Waals surface area (Å²) in [5.41, 5.74) is 2.47. The van der Waals surface area contributed by atoms with E-state index in [1.807, 2.05) is 27.1 Å². The zero-order chi connectivity index (χ0) is 15.0. The van der Waals surface area contributed by atoms with Crippen molar-refractivity contribution in [1.82, 2.24) is 29.8 Å². The van der Waals surface area contributed by atoms with Crippen molar-refractivity contribution >= 4 is 33.8 Å². The normalized spacial score (nSPS) is 11.0. The minimum absolute atomic E-state index is 0.581. The van der Waals surface area contributed by atoms with Crippen molar-refractivity contribution in [3.05, 3.63) is 23.1 Å². The maximum atomic E-state index is 6.18. The lowest BCUT2D eigenvalue weighted by molar-refractivity contribution is 0.662. The number of anilines is 2. The lowest BCUT2D eigenvalue weighted by Crippen LogP contribution is -1.93. The Bertz CT molecular complexity index is 773. The van der Waals surface area contributed by atoms with Gasteiger partial charge in [-0.25, -0.2) is 0 Å². The van der Waals surface area contributed by atoms with E-state index < -0.39 is 0 Å². The molecule has 110 valence electrons. The molecule has 3 aromatic rings. The van der Waals surface area contributed by atoms with Crippen LogP contribution in [-0.2, 0) is 13.6 Å². The average molecular weight is 324 g/mol. The Morgan fingerprint density at radius 3 is 2.71 bits per heavy atom. The van der Waals surface area contributed by atoms with Crippen molar-refractivity contribution in [3.8, 4) is 10.7 Å². The van der Waals surface area contributed by atoms with Gasteiger partial charge in [0.1, 0.15) is 5.69 Å². The number of nitrogens with one attached hydrogen (secondary N) is 1. The van der Waals surface area contributed by atoms with Gasteiger partial charge in [0.25, 0.3) is 0 Å². The number of hydrogen-bond donors (Lipinski definition) is 1. The number of nitrogens with zero attached hydrogens (tertiary/aromatic N) is 6. The van der Waals surface area contributed by atoms with Crippen molar-refractivity contribution in [2.45, 2.75) is 20.4 Å². The molecule has 0 saturated carbocycles. The second-order valence-electron chi connectivity index (χ2n) is 4.52. The lowest BCUT2D eigenvalue weighted by Gasteiger charge is -1.97. The highest BCUT2D eigenvalue weighted by Gasteiger charge is 2.15. The Labute approximate surface area is 130 Å². The van der Waals surface area contributed by atoms with Gasteiger partial charge in [0.15, 0.2) is 5.01 Å². The summed E-state index contributed by atoms with van der Waals surface area (Å²) in [6, 6.07) is 0. The molecule has 9 heteroatoms. The molecule has 0 unspecified atom stereocenters. The smallest absolute Gasteiger partial charge is 0.210 e. The zero-order valence-electron chi connectivity index (χ0n) is 11.8. The second kappa shape index (κ2) is 5.45. The van der Waals surface area contributed by atoms with Crippen molar-refractivity contribution < 1.29 is 0 Å². The van der Waals surface area contributed by atoms with E-state index >= 15 is 0 Å². The lowest BCUT2D eigenvalue weighted by atomic mass is 10.4. The van der Waals surface area contributed by atoms with Crippen LogP contribution in [0, 0.1) is 6.92 Å². The summed E-state index contributed by atoms with van der Waals surface area (Å²) in [6.45, 7) is 4.70. The molecule has 3 rings (SSSR count). The molecular weight excluding hydrogens is 310 g/mol. The fourth-order valence-electron chi connectivity index (χ4n) is 1.91. The van der Waals surface area contributed by atoms with Crippen LogP contribution < -0.4 is 5.32 Å². The Balaban J connectivity index is 1.86. The van der Waals surface area contributed by atoms with Gasteiger partial charge < -0.3 is 5.32 Å². The second-order valence-corrected chi connectivity index (χ2v) is 5.91. The quantitative estimate of drug-likeness (QED) is 0.799. The van der Waals surface area contributed by atoms with Crippen LogP contribution in [0.2, 0.25) is 5.02 Å². The third kappa shape index (κ3) is 2.77. The van der Waals surface area contributed by atoms with Gasteiger partial charge >= 0.3 is 0 Å². The van der Waals surface area contributed by atoms with E-state index in [4.69, 9.17) is 11.6 Å². The van der Waals surface area contributed by atoms with Crippen molar-refractivity contribution in [2.75, 3.05) is 5.32 Å². The van der Waals surface area contributed by atoms with E-state index in [2.05, 4.69) is 25.7 Å². The molecular formula is C12H14ClN7S. The summed E-state index contributed by atoms with van der Waals surface area (Å²) in [4.78, 5) is 0. The highest BCUT2D eigenvalue weighted by Crippen LogP contribution is 2.32. The fourth-order valence-corrected chi connectivity index (χ4v) is 2.96. The van der Waals surface area contributed by atoms with Crippen LogP contribution >= 0.6 is 22.9 Å². The third-order valence-electron chi connectivity index (χ3n) is 2.92. The highest BCUT2D eigenvalue weighted by atomic mass is 35.5. The molecule has 0 aromatic carbocycles. The molecule has 1 N–H and O–H groups in total. The van der Waals surface area contributed by atoms with Crippen molar-refractivity contribution in [3.63, 3.8) is 0 Å². The Morgan fingerprint density at radius 2 is 2.10 bits per heavy atom. The molecule has 0 saturated heterocycles. The van der Waals surface area contributed by atoms with E-state index in [-0.39, 0.29) is 0 Å². The molecule has 3 aromatic heterocycles. The molecule has 7 nitrogen and oxygen atoms in total. The van der Waals surface area contributed by atoms with Gasteiger partial charge in [-0.05, 0) is 13.8 Å². The van der Waals surface area contributed by atoms with Gasteiger partial charge in [-0.2, -0.15) is 10.2 Å². The van der Waals surface area contributed by atoms with E-state index in [0.717, 1.165) is 17.9 Å². The Morgan fingerprint density at radius 1 is 1.29 bits per heavy atom. The number of aromatic nitrogens is 6. The molecule has 0 aliphatic carbocycles. The molecule has 0 fully saturated rings. The maximum absolute atomic E-state index is 6.18. The number of halogens is 1. The molecule has 0 atom stereocenters. The SMILES string of the molecule is CCn1cc(Cl)c(-c2nnc(Nc3cn(C)nc3C)s2)n1. The summed E-state index contributed by atoms with van der Waals surface area (Å²) in [5, 5.41) is 22.1. The first kappa shape index (κ1) is 14.0. The first-order chi connectivity index (χ1) is 10.1. The van der Waals surface area contributed by atoms with E-state index in [0.29, 0.717) is 20.9 Å². The molecule has 0 amide bonds. The summed E-state index contributed by atoms with van der Waals surface area (Å²) in [5.74, 6) is 0. The van der Waals surface area contributed by atoms with Crippen LogP contribution in [0.25, 0.3) is 10.7 Å². The summed E-state index contributed by atoms with van der Waals surface area (Å²) in [6.07, 6.45) is 3.69. The number of hydrogen-bond acceptors (Lipinski definition) is 6. The Kier molecular flexibility index (Phi) is 3.64. The van der Waals surface area contributed by atoms with Gasteiger partial charge in [-0.1, -0.05) is 22.9 Å². The molecule has 0 bridgehead atoms. The highest BCUT2D eigenvalue weighted by molar-refractivity contribution is 7.18. The Hall–Kier alpha value is -1.93. The van der Waals surface area contributed by atoms with Gasteiger partial charge in [-0.15, -0.1) is 10.2 Å². The van der Waals surface area contributed by atoms with Crippen molar-refractivity contribution in [1.29, 1.82) is 0 Å². The minimum Gasteiger partial charge on any atom is -0.327 e. The standard InChI is InChI=1S/C12H14ClN7S/c1-4-20-5-8(13)10(18-20)11-15-16-12(21-11)14-9-6-19(3)17-7(9)2/h5-6H,4H2,1-3H3,(H,14,16).